The van der Waals surface area contributed by atoms with Crippen molar-refractivity contribution < 1.29 is 13.2 Å². The van der Waals surface area contributed by atoms with Crippen LogP contribution in [-0.4, -0.2) is 21.0 Å². The molecule has 0 fully saturated rings. The summed E-state index contributed by atoms with van der Waals surface area (Å²) < 4.78 is 40.5. The van der Waals surface area contributed by atoms with Crippen molar-refractivity contribution in [3.05, 3.63) is 53.2 Å². The van der Waals surface area contributed by atoms with Gasteiger partial charge in [0.25, 0.3) is 6.43 Å². The Bertz CT molecular complexity index is 991. The first kappa shape index (κ1) is 19.9. The second-order valence-electron chi connectivity index (χ2n) is 6.92. The van der Waals surface area contributed by atoms with Gasteiger partial charge < -0.3 is 10.6 Å². The van der Waals surface area contributed by atoms with Gasteiger partial charge >= 0.3 is 0 Å². The lowest BCUT2D eigenvalue weighted by atomic mass is 10.0. The lowest BCUT2D eigenvalue weighted by Crippen LogP contribution is -2.13. The minimum absolute atomic E-state index is 0.150. The summed E-state index contributed by atoms with van der Waals surface area (Å²) in [6.07, 6.45) is -1.23. The van der Waals surface area contributed by atoms with Crippen molar-refractivity contribution in [2.45, 2.75) is 46.2 Å². The zero-order valence-corrected chi connectivity index (χ0v) is 16.1. The summed E-state index contributed by atoms with van der Waals surface area (Å²) in [7, 11) is 0. The molecule has 28 heavy (non-hydrogen) atoms. The largest absolute Gasteiger partial charge is 0.368 e. The van der Waals surface area contributed by atoms with Crippen molar-refractivity contribution >= 4 is 22.5 Å². The third kappa shape index (κ3) is 4.16. The van der Waals surface area contributed by atoms with Gasteiger partial charge in [0.05, 0.1) is 23.3 Å². The number of rotatable bonds is 6. The molecule has 5 nitrogen and oxygen atoms in total. The molecule has 0 saturated carbocycles. The third-order valence-corrected chi connectivity index (χ3v) is 4.24. The van der Waals surface area contributed by atoms with Crippen molar-refractivity contribution in [1.29, 1.82) is 0 Å². The van der Waals surface area contributed by atoms with Gasteiger partial charge in [-0.3, -0.25) is 0 Å². The molecule has 0 aliphatic rings. The van der Waals surface area contributed by atoms with Gasteiger partial charge in [-0.05, 0) is 33.8 Å². The molecule has 0 radical (unpaired) electrons. The van der Waals surface area contributed by atoms with E-state index in [0.29, 0.717) is 28.4 Å². The van der Waals surface area contributed by atoms with Gasteiger partial charge in [0.2, 0.25) is 0 Å². The fourth-order valence-electron chi connectivity index (χ4n) is 2.99. The standard InChI is InChI=1S/C20H22F3N5/c1-10(2)25-17-8-15-16(9-24-17)27-12(4)28-20(15)26-11(3)13-6-5-7-14(18(13)21)19(22)23/h5-11,19H,1-4H3,(H,24,25)(H,26,27,28)/t11-/m1/s1. The summed E-state index contributed by atoms with van der Waals surface area (Å²) in [6.45, 7) is 7.44. The van der Waals surface area contributed by atoms with Crippen LogP contribution in [0, 0.1) is 12.7 Å². The Morgan fingerprint density at radius 2 is 1.71 bits per heavy atom. The van der Waals surface area contributed by atoms with Crippen LogP contribution < -0.4 is 10.6 Å². The summed E-state index contributed by atoms with van der Waals surface area (Å²) in [5, 5.41) is 7.06. The minimum atomic E-state index is -2.87. The molecule has 1 aromatic carbocycles. The van der Waals surface area contributed by atoms with Crippen LogP contribution in [0.1, 0.15) is 50.2 Å². The Balaban J connectivity index is 2.00. The summed E-state index contributed by atoms with van der Waals surface area (Å²) in [6, 6.07) is 5.44. The van der Waals surface area contributed by atoms with Crippen LogP contribution in [0.15, 0.2) is 30.5 Å². The van der Waals surface area contributed by atoms with E-state index in [1.165, 1.54) is 12.1 Å². The van der Waals surface area contributed by atoms with E-state index in [-0.39, 0.29) is 11.6 Å². The highest BCUT2D eigenvalue weighted by Crippen LogP contribution is 2.30. The monoisotopic (exact) mass is 389 g/mol. The molecule has 3 rings (SSSR count). The number of halogens is 3. The number of aryl methyl sites for hydroxylation is 1. The van der Waals surface area contributed by atoms with Gasteiger partial charge in [0, 0.05) is 17.0 Å². The van der Waals surface area contributed by atoms with E-state index in [4.69, 9.17) is 0 Å². The molecule has 0 saturated heterocycles. The van der Waals surface area contributed by atoms with Gasteiger partial charge in [0.15, 0.2) is 0 Å². The van der Waals surface area contributed by atoms with Crippen molar-refractivity contribution in [3.8, 4) is 0 Å². The average Bonchev–Trinajstić information content (AvgIpc) is 2.61. The number of nitrogens with one attached hydrogen (secondary N) is 2. The maximum Gasteiger partial charge on any atom is 0.266 e. The Hall–Kier alpha value is -2.90. The Kier molecular flexibility index (Phi) is 5.67. The average molecular weight is 389 g/mol. The second kappa shape index (κ2) is 8.00. The molecule has 8 heteroatoms. The second-order valence-corrected chi connectivity index (χ2v) is 6.92. The molecule has 1 atom stereocenters. The molecular weight excluding hydrogens is 367 g/mol. The van der Waals surface area contributed by atoms with E-state index in [2.05, 4.69) is 25.6 Å². The number of aromatic nitrogens is 3. The molecular formula is C20H22F3N5. The van der Waals surface area contributed by atoms with Crippen LogP contribution in [0.5, 0.6) is 0 Å². The Labute approximate surface area is 161 Å². The quantitative estimate of drug-likeness (QED) is 0.591. The van der Waals surface area contributed by atoms with Crippen molar-refractivity contribution in [2.24, 2.45) is 0 Å². The molecule has 2 N–H and O–H groups in total. The number of fused-ring (bicyclic) bond motifs is 1. The van der Waals surface area contributed by atoms with Gasteiger partial charge in [-0.15, -0.1) is 0 Å². The van der Waals surface area contributed by atoms with Crippen molar-refractivity contribution in [3.63, 3.8) is 0 Å². The number of benzene rings is 1. The minimum Gasteiger partial charge on any atom is -0.368 e. The SMILES string of the molecule is Cc1nc(N[C@H](C)c2cccc(C(F)F)c2F)c2cc(NC(C)C)ncc2n1. The maximum absolute atomic E-state index is 14.5. The van der Waals surface area contributed by atoms with E-state index in [0.717, 1.165) is 6.07 Å². The summed E-state index contributed by atoms with van der Waals surface area (Å²) >= 11 is 0. The molecule has 2 heterocycles. The fourth-order valence-corrected chi connectivity index (χ4v) is 2.99. The number of hydrogen-bond donors (Lipinski definition) is 2. The first-order chi connectivity index (χ1) is 13.3. The molecule has 0 aliphatic carbocycles. The van der Waals surface area contributed by atoms with E-state index in [1.807, 2.05) is 19.9 Å². The van der Waals surface area contributed by atoms with Gasteiger partial charge in [-0.1, -0.05) is 18.2 Å². The molecule has 0 unspecified atom stereocenters. The number of hydrogen-bond acceptors (Lipinski definition) is 5. The topological polar surface area (TPSA) is 62.7 Å². The normalized spacial score (nSPS) is 12.6. The number of anilines is 2. The van der Waals surface area contributed by atoms with Crippen LogP contribution >= 0.6 is 0 Å². The van der Waals surface area contributed by atoms with E-state index < -0.39 is 23.8 Å². The predicted octanol–water partition coefficient (Wildman–Crippen LogP) is 5.40. The molecule has 3 aromatic rings. The lowest BCUT2D eigenvalue weighted by molar-refractivity contribution is 0.146. The maximum atomic E-state index is 14.5. The summed E-state index contributed by atoms with van der Waals surface area (Å²) in [5.41, 5.74) is 0.178. The van der Waals surface area contributed by atoms with Crippen LogP contribution in [0.3, 0.4) is 0 Å². The zero-order chi connectivity index (χ0) is 20.4. The van der Waals surface area contributed by atoms with Crippen LogP contribution in [-0.2, 0) is 0 Å². The smallest absolute Gasteiger partial charge is 0.266 e. The molecule has 148 valence electrons. The third-order valence-electron chi connectivity index (χ3n) is 4.24. The zero-order valence-electron chi connectivity index (χ0n) is 16.1. The van der Waals surface area contributed by atoms with Gasteiger partial charge in [0.1, 0.15) is 23.3 Å². The number of nitrogens with zero attached hydrogens (tertiary/aromatic N) is 3. The number of alkyl halides is 2. The van der Waals surface area contributed by atoms with Crippen molar-refractivity contribution in [2.75, 3.05) is 10.6 Å². The molecule has 0 spiro atoms. The van der Waals surface area contributed by atoms with Crippen molar-refractivity contribution in [1.82, 2.24) is 15.0 Å². The van der Waals surface area contributed by atoms with Gasteiger partial charge in [-0.2, -0.15) is 0 Å². The molecule has 2 aromatic heterocycles. The summed E-state index contributed by atoms with van der Waals surface area (Å²) in [4.78, 5) is 13.1. The Morgan fingerprint density at radius 1 is 1.00 bits per heavy atom. The first-order valence-corrected chi connectivity index (χ1v) is 9.00. The van der Waals surface area contributed by atoms with E-state index in [9.17, 15) is 13.2 Å². The lowest BCUT2D eigenvalue weighted by Gasteiger charge is -2.19. The highest BCUT2D eigenvalue weighted by Gasteiger charge is 2.20. The predicted molar refractivity (Wildman–Crippen MR) is 104 cm³/mol. The highest BCUT2D eigenvalue weighted by atomic mass is 19.3. The highest BCUT2D eigenvalue weighted by molar-refractivity contribution is 5.90. The molecule has 0 bridgehead atoms. The number of pyridine rings is 1. The van der Waals surface area contributed by atoms with E-state index in [1.54, 1.807) is 20.0 Å². The van der Waals surface area contributed by atoms with Gasteiger partial charge in [-0.25, -0.2) is 28.1 Å². The van der Waals surface area contributed by atoms with E-state index >= 15 is 0 Å². The van der Waals surface area contributed by atoms with Crippen LogP contribution in [0.4, 0.5) is 24.8 Å². The Morgan fingerprint density at radius 3 is 2.39 bits per heavy atom. The fraction of sp³-hybridized carbons (Fsp3) is 0.350. The molecule has 0 amide bonds. The summed E-state index contributed by atoms with van der Waals surface area (Å²) in [5.74, 6) is 0.773. The van der Waals surface area contributed by atoms with Crippen LogP contribution in [0.2, 0.25) is 0 Å². The first-order valence-electron chi connectivity index (χ1n) is 9.00. The van der Waals surface area contributed by atoms with Crippen LogP contribution in [0.25, 0.3) is 10.9 Å². The molecule has 0 aliphatic heterocycles.